The lowest BCUT2D eigenvalue weighted by Gasteiger charge is -2.57. The van der Waals surface area contributed by atoms with Gasteiger partial charge in [-0.1, -0.05) is 0 Å². The molecule has 1 saturated heterocycles. The molecule has 1 rings (SSSR count). The summed E-state index contributed by atoms with van der Waals surface area (Å²) >= 11 is 0. The first-order valence-electron chi connectivity index (χ1n) is 4.43. The van der Waals surface area contributed by atoms with Crippen molar-refractivity contribution in [2.75, 3.05) is 13.1 Å². The Labute approximate surface area is 85.8 Å². The molecule has 1 N–H and O–H groups in total. The summed E-state index contributed by atoms with van der Waals surface area (Å²) in [7, 11) is 23.5. The first-order chi connectivity index (χ1) is 5.77. The van der Waals surface area contributed by atoms with Crippen LogP contribution < -0.4 is 5.32 Å². The van der Waals surface area contributed by atoms with E-state index < -0.39 is 10.7 Å². The predicted octanol–water partition coefficient (Wildman–Crippen LogP) is -1.72. The number of rotatable bonds is 1. The summed E-state index contributed by atoms with van der Waals surface area (Å²) < 4.78 is 0. The van der Waals surface area contributed by atoms with Crippen LogP contribution in [0.1, 0.15) is 13.8 Å². The van der Waals surface area contributed by atoms with Crippen LogP contribution in [0.5, 0.6) is 0 Å². The molecule has 0 amide bonds. The third kappa shape index (κ3) is 2.16. The second-order valence-corrected chi connectivity index (χ2v) is 4.05. The van der Waals surface area contributed by atoms with E-state index in [-0.39, 0.29) is 6.04 Å². The Kier molecular flexibility index (Phi) is 2.94. The molecule has 0 aromatic rings. The van der Waals surface area contributed by atoms with Crippen molar-refractivity contribution in [3.8, 4) is 0 Å². The average Bonchev–Trinajstić information content (AvgIpc) is 1.79. The van der Waals surface area contributed by atoms with Gasteiger partial charge in [-0.05, 0) is 37.6 Å². The molecule has 0 atom stereocenters. The van der Waals surface area contributed by atoms with Gasteiger partial charge < -0.3 is 10.2 Å². The number of hydrogen-bond acceptors (Lipinski definition) is 2. The summed E-state index contributed by atoms with van der Waals surface area (Å²) in [4.78, 5) is 1.73. The SMILES string of the molecule is [B]C1([B])CNCC([B])([B])N1C(C)C. The lowest BCUT2D eigenvalue weighted by Crippen LogP contribution is -2.75. The van der Waals surface area contributed by atoms with Crippen molar-refractivity contribution in [1.29, 1.82) is 0 Å². The van der Waals surface area contributed by atoms with Gasteiger partial charge in [-0.3, -0.25) is 0 Å². The molecule has 0 aromatic heterocycles. The average molecular weight is 167 g/mol. The summed E-state index contributed by atoms with van der Waals surface area (Å²) in [5.74, 6) is 0. The fraction of sp³-hybridized carbons (Fsp3) is 1.00. The van der Waals surface area contributed by atoms with Crippen LogP contribution in [0.25, 0.3) is 0 Å². The number of hydrogen-bond donors (Lipinski definition) is 1. The second-order valence-electron chi connectivity index (χ2n) is 4.05. The maximum Gasteiger partial charge on any atom is 0.0841 e. The topological polar surface area (TPSA) is 15.3 Å². The molecule has 0 unspecified atom stereocenters. The van der Waals surface area contributed by atoms with E-state index in [0.29, 0.717) is 13.1 Å². The highest BCUT2D eigenvalue weighted by molar-refractivity contribution is 6.44. The molecule has 62 valence electrons. The van der Waals surface area contributed by atoms with Gasteiger partial charge in [0.25, 0.3) is 0 Å². The molecule has 0 aliphatic carbocycles. The third-order valence-corrected chi connectivity index (χ3v) is 2.23. The minimum Gasteiger partial charge on any atom is -0.321 e. The minimum atomic E-state index is -0.976. The lowest BCUT2D eigenvalue weighted by molar-refractivity contribution is 0.0998. The van der Waals surface area contributed by atoms with Crippen molar-refractivity contribution in [3.05, 3.63) is 0 Å². The van der Waals surface area contributed by atoms with E-state index in [9.17, 15) is 0 Å². The molecule has 8 radical (unpaired) electrons. The van der Waals surface area contributed by atoms with Crippen molar-refractivity contribution in [3.63, 3.8) is 0 Å². The maximum absolute atomic E-state index is 5.88. The van der Waals surface area contributed by atoms with Crippen LogP contribution in [0.2, 0.25) is 0 Å². The molecule has 1 aliphatic heterocycles. The number of piperazine rings is 1. The van der Waals surface area contributed by atoms with Crippen LogP contribution in [-0.4, -0.2) is 66.1 Å². The smallest absolute Gasteiger partial charge is 0.0841 e. The zero-order valence-electron chi connectivity index (χ0n) is 8.25. The summed E-state index contributed by atoms with van der Waals surface area (Å²) in [5.41, 5.74) is 0. The van der Waals surface area contributed by atoms with Gasteiger partial charge in [0.05, 0.1) is 31.4 Å². The van der Waals surface area contributed by atoms with Crippen LogP contribution >= 0.6 is 0 Å². The molecule has 0 bridgehead atoms. The van der Waals surface area contributed by atoms with Crippen molar-refractivity contribution in [1.82, 2.24) is 10.2 Å². The Morgan fingerprint density at radius 3 is 1.69 bits per heavy atom. The molecule has 1 heterocycles. The summed E-state index contributed by atoms with van der Waals surface area (Å²) in [5, 5.41) is 1.06. The lowest BCUT2D eigenvalue weighted by atomic mass is 9.50. The van der Waals surface area contributed by atoms with Gasteiger partial charge in [-0.2, -0.15) is 0 Å². The van der Waals surface area contributed by atoms with E-state index in [1.807, 2.05) is 13.8 Å². The van der Waals surface area contributed by atoms with Crippen molar-refractivity contribution < 1.29 is 0 Å². The van der Waals surface area contributed by atoms with Crippen molar-refractivity contribution in [2.45, 2.75) is 30.6 Å². The van der Waals surface area contributed by atoms with E-state index in [1.54, 1.807) is 4.90 Å². The fourth-order valence-electron chi connectivity index (χ4n) is 1.98. The first kappa shape index (κ1) is 11.3. The van der Waals surface area contributed by atoms with E-state index in [4.69, 9.17) is 31.4 Å². The van der Waals surface area contributed by atoms with Gasteiger partial charge in [0.2, 0.25) is 0 Å². The molecule has 13 heavy (non-hydrogen) atoms. The highest BCUT2D eigenvalue weighted by Gasteiger charge is 2.40. The Morgan fingerprint density at radius 2 is 1.46 bits per heavy atom. The Hall–Kier alpha value is 0.180. The zero-order valence-corrected chi connectivity index (χ0v) is 8.25. The van der Waals surface area contributed by atoms with Crippen LogP contribution in [-0.2, 0) is 0 Å². The van der Waals surface area contributed by atoms with Crippen LogP contribution in [0.15, 0.2) is 0 Å². The van der Waals surface area contributed by atoms with E-state index in [2.05, 4.69) is 5.32 Å². The molecular formula is C7H12B4N2. The van der Waals surface area contributed by atoms with Crippen molar-refractivity contribution in [2.24, 2.45) is 0 Å². The zero-order chi connectivity index (χ0) is 10.3. The molecule has 6 heteroatoms. The predicted molar refractivity (Wildman–Crippen MR) is 58.3 cm³/mol. The first-order valence-corrected chi connectivity index (χ1v) is 4.43. The van der Waals surface area contributed by atoms with Gasteiger partial charge in [-0.25, -0.2) is 0 Å². The third-order valence-electron chi connectivity index (χ3n) is 2.23. The summed E-state index contributed by atoms with van der Waals surface area (Å²) in [6.07, 6.45) is 0. The molecule has 0 spiro atoms. The molecule has 0 aromatic carbocycles. The van der Waals surface area contributed by atoms with E-state index >= 15 is 0 Å². The number of nitrogens with zero attached hydrogens (tertiary/aromatic N) is 1. The molecule has 2 nitrogen and oxygen atoms in total. The largest absolute Gasteiger partial charge is 0.321 e. The van der Waals surface area contributed by atoms with Crippen LogP contribution in [0.4, 0.5) is 0 Å². The molecular weight excluding hydrogens is 155 g/mol. The van der Waals surface area contributed by atoms with Crippen LogP contribution in [0, 0.1) is 0 Å². The minimum absolute atomic E-state index is 0.118. The molecule has 1 aliphatic rings. The highest BCUT2D eigenvalue weighted by Crippen LogP contribution is 2.23. The second kappa shape index (κ2) is 3.39. The summed E-state index contributed by atoms with van der Waals surface area (Å²) in [6.45, 7) is 4.91. The van der Waals surface area contributed by atoms with Gasteiger partial charge in [0.1, 0.15) is 0 Å². The quantitative estimate of drug-likeness (QED) is 0.468. The van der Waals surface area contributed by atoms with Gasteiger partial charge in [0.15, 0.2) is 0 Å². The van der Waals surface area contributed by atoms with E-state index in [0.717, 1.165) is 0 Å². The highest BCUT2D eigenvalue weighted by atomic mass is 15.3. The standard InChI is InChI=1S/C7H12B4N2/c1-5(2)13-6(8,9)3-12-4-7(13,10)11/h5,12H,3-4H2,1-2H3. The Balaban J connectivity index is 2.91. The van der Waals surface area contributed by atoms with Crippen molar-refractivity contribution >= 4 is 31.4 Å². The van der Waals surface area contributed by atoms with E-state index in [1.165, 1.54) is 0 Å². The number of nitrogens with one attached hydrogen (secondary N) is 1. The van der Waals surface area contributed by atoms with Gasteiger partial charge in [0, 0.05) is 6.04 Å². The maximum atomic E-state index is 5.88. The van der Waals surface area contributed by atoms with Crippen LogP contribution in [0.3, 0.4) is 0 Å². The Morgan fingerprint density at radius 1 is 1.08 bits per heavy atom. The summed E-state index contributed by atoms with van der Waals surface area (Å²) in [6, 6.07) is 0.118. The van der Waals surface area contributed by atoms with Gasteiger partial charge in [-0.15, -0.1) is 0 Å². The molecule has 0 saturated carbocycles. The van der Waals surface area contributed by atoms with Gasteiger partial charge >= 0.3 is 0 Å². The Bertz CT molecular complexity index is 177. The molecule has 1 fully saturated rings. The fourth-order valence-corrected chi connectivity index (χ4v) is 1.98. The normalized spacial score (nSPS) is 27.6. The monoisotopic (exact) mass is 168 g/mol.